The number of phenolic OH excluding ortho intramolecular Hbond substituents is 1. The summed E-state index contributed by atoms with van der Waals surface area (Å²) in [5, 5.41) is 23.7. The summed E-state index contributed by atoms with van der Waals surface area (Å²) in [6.45, 7) is 0. The van der Waals surface area contributed by atoms with Crippen LogP contribution in [-0.2, 0) is 4.79 Å². The second-order valence-corrected chi connectivity index (χ2v) is 5.35. The molecule has 0 spiro atoms. The number of carbonyl (C=O) groups excluding carboxylic acids is 1. The summed E-state index contributed by atoms with van der Waals surface area (Å²) >= 11 is 5.18. The van der Waals surface area contributed by atoms with E-state index in [1.54, 1.807) is 24.3 Å². The van der Waals surface area contributed by atoms with Crippen molar-refractivity contribution in [2.45, 2.75) is 0 Å². The van der Waals surface area contributed by atoms with Crippen molar-refractivity contribution in [3.05, 3.63) is 69.9 Å². The molecule has 0 aliphatic carbocycles. The molecule has 3 rings (SSSR count). The van der Waals surface area contributed by atoms with Crippen molar-refractivity contribution in [2.75, 3.05) is 4.90 Å². The molecule has 0 unspecified atom stereocenters. The second kappa shape index (κ2) is 6.09. The van der Waals surface area contributed by atoms with Gasteiger partial charge in [-0.15, -0.1) is 0 Å². The van der Waals surface area contributed by atoms with Gasteiger partial charge in [-0.1, -0.05) is 18.2 Å². The van der Waals surface area contributed by atoms with Crippen LogP contribution in [0.25, 0.3) is 6.08 Å². The smallest absolute Gasteiger partial charge is 0.281 e. The molecule has 2 aromatic rings. The van der Waals surface area contributed by atoms with Gasteiger partial charge in [0.1, 0.15) is 11.4 Å². The first-order valence-corrected chi connectivity index (χ1v) is 7.28. The first-order chi connectivity index (χ1) is 11.5. The molecule has 1 saturated heterocycles. The number of anilines is 1. The van der Waals surface area contributed by atoms with E-state index in [0.717, 1.165) is 0 Å². The Labute approximate surface area is 142 Å². The lowest BCUT2D eigenvalue weighted by Crippen LogP contribution is -2.30. The highest BCUT2D eigenvalue weighted by Gasteiger charge is 2.32. The molecule has 0 atom stereocenters. The van der Waals surface area contributed by atoms with Crippen LogP contribution in [0.15, 0.2) is 54.2 Å². The predicted molar refractivity (Wildman–Crippen MR) is 92.4 cm³/mol. The average Bonchev–Trinajstić information content (AvgIpc) is 2.84. The number of carbonyl (C=O) groups is 1. The van der Waals surface area contributed by atoms with Crippen molar-refractivity contribution in [1.82, 2.24) is 5.32 Å². The third-order valence-electron chi connectivity index (χ3n) is 3.41. The average molecular weight is 341 g/mol. The number of para-hydroxylation sites is 1. The number of aromatic hydroxyl groups is 1. The summed E-state index contributed by atoms with van der Waals surface area (Å²) in [4.78, 5) is 24.1. The fourth-order valence-corrected chi connectivity index (χ4v) is 2.57. The molecule has 1 aliphatic heterocycles. The van der Waals surface area contributed by atoms with E-state index in [9.17, 15) is 20.0 Å². The van der Waals surface area contributed by atoms with Gasteiger partial charge in [0.15, 0.2) is 5.11 Å². The van der Waals surface area contributed by atoms with E-state index in [4.69, 9.17) is 12.2 Å². The van der Waals surface area contributed by atoms with Crippen LogP contribution in [0.3, 0.4) is 0 Å². The Kier molecular flexibility index (Phi) is 3.97. The lowest BCUT2D eigenvalue weighted by molar-refractivity contribution is -0.384. The van der Waals surface area contributed by atoms with E-state index in [1.165, 1.54) is 29.2 Å². The molecule has 0 radical (unpaired) electrons. The van der Waals surface area contributed by atoms with Crippen LogP contribution in [0, 0.1) is 10.1 Å². The van der Waals surface area contributed by atoms with Crippen LogP contribution in [-0.4, -0.2) is 21.0 Å². The molecule has 1 aliphatic rings. The van der Waals surface area contributed by atoms with Crippen molar-refractivity contribution in [3.63, 3.8) is 0 Å². The van der Waals surface area contributed by atoms with Gasteiger partial charge in [0.05, 0.1) is 10.6 Å². The van der Waals surface area contributed by atoms with Crippen LogP contribution < -0.4 is 10.2 Å². The normalized spacial score (nSPS) is 15.7. The van der Waals surface area contributed by atoms with Crippen molar-refractivity contribution in [1.29, 1.82) is 0 Å². The van der Waals surface area contributed by atoms with Crippen LogP contribution in [0.5, 0.6) is 5.75 Å². The molecule has 1 heterocycles. The zero-order valence-corrected chi connectivity index (χ0v) is 13.0. The van der Waals surface area contributed by atoms with Gasteiger partial charge in [-0.25, -0.2) is 0 Å². The molecule has 2 N–H and O–H groups in total. The number of amides is 1. The van der Waals surface area contributed by atoms with Crippen LogP contribution in [0.2, 0.25) is 0 Å². The minimum Gasteiger partial charge on any atom is -0.507 e. The van der Waals surface area contributed by atoms with Crippen molar-refractivity contribution >= 4 is 40.7 Å². The molecule has 1 amide bonds. The lowest BCUT2D eigenvalue weighted by atomic mass is 10.1. The van der Waals surface area contributed by atoms with Gasteiger partial charge in [0, 0.05) is 17.7 Å². The number of non-ortho nitro benzene ring substituents is 1. The summed E-state index contributed by atoms with van der Waals surface area (Å²) in [5.74, 6) is -0.580. The molecule has 8 heteroatoms. The number of phenols is 1. The first-order valence-electron chi connectivity index (χ1n) is 6.87. The Bertz CT molecular complexity index is 880. The molecule has 7 nitrogen and oxygen atoms in total. The van der Waals surface area contributed by atoms with Crippen LogP contribution in [0.4, 0.5) is 11.4 Å². The minimum atomic E-state index is -0.577. The van der Waals surface area contributed by atoms with E-state index in [0.29, 0.717) is 5.69 Å². The molecule has 1 fully saturated rings. The zero-order valence-electron chi connectivity index (χ0n) is 12.2. The molecule has 2 aromatic carbocycles. The number of hydrogen-bond acceptors (Lipinski definition) is 5. The maximum absolute atomic E-state index is 12.5. The van der Waals surface area contributed by atoms with E-state index >= 15 is 0 Å². The van der Waals surface area contributed by atoms with Gasteiger partial charge in [-0.05, 0) is 36.5 Å². The fraction of sp³-hybridized carbons (Fsp3) is 0. The Hall–Kier alpha value is -3.26. The summed E-state index contributed by atoms with van der Waals surface area (Å²) in [6, 6.07) is 12.4. The highest BCUT2D eigenvalue weighted by atomic mass is 32.1. The molecular weight excluding hydrogens is 330 g/mol. The lowest BCUT2D eigenvalue weighted by Gasteiger charge is -2.13. The third-order valence-corrected chi connectivity index (χ3v) is 3.70. The minimum absolute atomic E-state index is 0.125. The van der Waals surface area contributed by atoms with Crippen LogP contribution in [0.1, 0.15) is 5.56 Å². The van der Waals surface area contributed by atoms with E-state index in [-0.39, 0.29) is 27.8 Å². The molecule has 0 saturated carbocycles. The summed E-state index contributed by atoms with van der Waals surface area (Å²) < 4.78 is 0. The van der Waals surface area contributed by atoms with E-state index < -0.39 is 10.8 Å². The monoisotopic (exact) mass is 341 g/mol. The van der Waals surface area contributed by atoms with Crippen molar-refractivity contribution in [3.8, 4) is 5.75 Å². The Balaban J connectivity index is 1.98. The third kappa shape index (κ3) is 2.82. The van der Waals surface area contributed by atoms with Crippen molar-refractivity contribution < 1.29 is 14.8 Å². The largest absolute Gasteiger partial charge is 0.507 e. The highest BCUT2D eigenvalue weighted by Crippen LogP contribution is 2.27. The molecule has 24 heavy (non-hydrogen) atoms. The number of nitrogens with one attached hydrogen (secondary N) is 1. The van der Waals surface area contributed by atoms with Gasteiger partial charge in [0.25, 0.3) is 11.6 Å². The summed E-state index contributed by atoms with van der Waals surface area (Å²) in [7, 11) is 0. The Morgan fingerprint density at radius 3 is 2.58 bits per heavy atom. The Morgan fingerprint density at radius 2 is 1.92 bits per heavy atom. The topological polar surface area (TPSA) is 95.7 Å². The highest BCUT2D eigenvalue weighted by molar-refractivity contribution is 7.80. The number of nitro benzene ring substituents is 1. The number of nitrogens with zero attached hydrogens (tertiary/aromatic N) is 2. The fourth-order valence-electron chi connectivity index (χ4n) is 2.27. The number of benzene rings is 2. The number of nitro groups is 1. The second-order valence-electron chi connectivity index (χ2n) is 4.96. The molecular formula is C16H11N3O4S. The maximum atomic E-state index is 12.5. The van der Waals surface area contributed by atoms with E-state index in [1.807, 2.05) is 6.07 Å². The zero-order chi connectivity index (χ0) is 17.3. The molecule has 0 bridgehead atoms. The standard InChI is InChI=1S/C16H11N3O4S/c20-14-7-6-12(19(22)23)8-10(14)9-13-15(21)18(16(24)17-13)11-4-2-1-3-5-11/h1-9,20H,(H,17,24)/b13-9-. The van der Waals surface area contributed by atoms with Crippen LogP contribution >= 0.6 is 12.2 Å². The predicted octanol–water partition coefficient (Wildman–Crippen LogP) is 2.56. The summed E-state index contributed by atoms with van der Waals surface area (Å²) in [5.41, 5.74) is 0.691. The van der Waals surface area contributed by atoms with Gasteiger partial charge < -0.3 is 10.4 Å². The SMILES string of the molecule is O=C1/C(=C/c2cc([N+](=O)[O-])ccc2O)NC(=S)N1c1ccccc1. The molecule has 120 valence electrons. The number of hydrogen-bond donors (Lipinski definition) is 2. The maximum Gasteiger partial charge on any atom is 0.281 e. The Morgan fingerprint density at radius 1 is 1.21 bits per heavy atom. The van der Waals surface area contributed by atoms with Gasteiger partial charge in [-0.2, -0.15) is 0 Å². The number of thiocarbonyl (C=S) groups is 1. The van der Waals surface area contributed by atoms with Gasteiger partial charge in [0.2, 0.25) is 0 Å². The number of rotatable bonds is 3. The quantitative estimate of drug-likeness (QED) is 0.385. The van der Waals surface area contributed by atoms with Gasteiger partial charge >= 0.3 is 0 Å². The van der Waals surface area contributed by atoms with E-state index in [2.05, 4.69) is 5.32 Å². The first kappa shape index (κ1) is 15.6. The van der Waals surface area contributed by atoms with Gasteiger partial charge in [-0.3, -0.25) is 19.8 Å². The summed E-state index contributed by atoms with van der Waals surface area (Å²) in [6.07, 6.45) is 1.33. The van der Waals surface area contributed by atoms with Crippen molar-refractivity contribution in [2.24, 2.45) is 0 Å². The molecule has 0 aromatic heterocycles.